The lowest BCUT2D eigenvalue weighted by molar-refractivity contribution is 0.0951. The summed E-state index contributed by atoms with van der Waals surface area (Å²) in [6.07, 6.45) is 0. The van der Waals surface area contributed by atoms with Crippen molar-refractivity contribution >= 4 is 50.8 Å². The standard InChI is InChI=1S/C18H14N2OS2/c1-12-10-22-18(19-12)23-11-17(21)20-15-8-4-2-6-13(15)14-7-3-5-9-16(14)20/h2-10H,11H2,1H3. The van der Waals surface area contributed by atoms with E-state index in [1.165, 1.54) is 11.8 Å². The van der Waals surface area contributed by atoms with Gasteiger partial charge < -0.3 is 0 Å². The number of rotatable bonds is 3. The lowest BCUT2D eigenvalue weighted by Gasteiger charge is -2.05. The molecule has 0 amide bonds. The Balaban J connectivity index is 1.75. The second kappa shape index (κ2) is 5.83. The number of carbonyl (C=O) groups is 1. The summed E-state index contributed by atoms with van der Waals surface area (Å²) in [7, 11) is 0. The number of aromatic nitrogens is 2. The molecule has 0 aliphatic rings. The van der Waals surface area contributed by atoms with Crippen LogP contribution in [0.2, 0.25) is 0 Å². The van der Waals surface area contributed by atoms with Crippen molar-refractivity contribution in [3.63, 3.8) is 0 Å². The molecule has 2 heterocycles. The first-order valence-electron chi connectivity index (χ1n) is 7.30. The van der Waals surface area contributed by atoms with E-state index >= 15 is 0 Å². The van der Waals surface area contributed by atoms with E-state index in [1.54, 1.807) is 11.3 Å². The summed E-state index contributed by atoms with van der Waals surface area (Å²) in [6, 6.07) is 16.1. The summed E-state index contributed by atoms with van der Waals surface area (Å²) in [5.41, 5.74) is 2.94. The first-order valence-corrected chi connectivity index (χ1v) is 9.17. The number of hydrogen-bond donors (Lipinski definition) is 0. The Bertz CT molecular complexity index is 963. The van der Waals surface area contributed by atoms with Crippen molar-refractivity contribution in [1.29, 1.82) is 0 Å². The third-order valence-electron chi connectivity index (χ3n) is 3.75. The molecule has 0 saturated heterocycles. The molecule has 0 atom stereocenters. The Labute approximate surface area is 142 Å². The van der Waals surface area contributed by atoms with Crippen LogP contribution in [0.1, 0.15) is 10.5 Å². The highest BCUT2D eigenvalue weighted by Crippen LogP contribution is 2.30. The normalized spacial score (nSPS) is 11.3. The van der Waals surface area contributed by atoms with Gasteiger partial charge in [0.25, 0.3) is 0 Å². The van der Waals surface area contributed by atoms with Crippen LogP contribution in [-0.2, 0) is 0 Å². The number of benzene rings is 2. The molecule has 0 saturated carbocycles. The van der Waals surface area contributed by atoms with Gasteiger partial charge in [-0.05, 0) is 19.1 Å². The molecule has 0 fully saturated rings. The van der Waals surface area contributed by atoms with E-state index in [1.807, 2.05) is 53.3 Å². The lowest BCUT2D eigenvalue weighted by Crippen LogP contribution is -2.12. The van der Waals surface area contributed by atoms with Crippen LogP contribution < -0.4 is 0 Å². The molecule has 0 unspecified atom stereocenters. The molecule has 2 aromatic heterocycles. The Morgan fingerprint density at radius 2 is 1.70 bits per heavy atom. The maximum Gasteiger partial charge on any atom is 0.242 e. The van der Waals surface area contributed by atoms with Crippen LogP contribution in [-0.4, -0.2) is 21.2 Å². The van der Waals surface area contributed by atoms with E-state index in [0.29, 0.717) is 5.75 Å². The molecule has 23 heavy (non-hydrogen) atoms. The van der Waals surface area contributed by atoms with Gasteiger partial charge in [-0.3, -0.25) is 9.36 Å². The molecule has 4 rings (SSSR count). The monoisotopic (exact) mass is 338 g/mol. The molecule has 3 nitrogen and oxygen atoms in total. The Morgan fingerprint density at radius 3 is 2.26 bits per heavy atom. The van der Waals surface area contributed by atoms with Gasteiger partial charge in [-0.25, -0.2) is 4.98 Å². The van der Waals surface area contributed by atoms with Gasteiger partial charge in [-0.2, -0.15) is 0 Å². The lowest BCUT2D eigenvalue weighted by atomic mass is 10.2. The first-order chi connectivity index (χ1) is 11.2. The number of para-hydroxylation sites is 2. The summed E-state index contributed by atoms with van der Waals surface area (Å²) >= 11 is 3.09. The molecule has 0 aliphatic carbocycles. The third-order valence-corrected chi connectivity index (χ3v) is 5.87. The van der Waals surface area contributed by atoms with Gasteiger partial charge >= 0.3 is 0 Å². The number of nitrogens with zero attached hydrogens (tertiary/aromatic N) is 2. The van der Waals surface area contributed by atoms with Crippen molar-refractivity contribution in [3.8, 4) is 0 Å². The summed E-state index contributed by atoms with van der Waals surface area (Å²) < 4.78 is 2.77. The molecule has 0 N–H and O–H groups in total. The molecule has 0 bridgehead atoms. The zero-order chi connectivity index (χ0) is 15.8. The Hall–Kier alpha value is -2.11. The predicted octanol–water partition coefficient (Wildman–Crippen LogP) is 4.99. The highest BCUT2D eigenvalue weighted by atomic mass is 32.2. The zero-order valence-corrected chi connectivity index (χ0v) is 14.2. The minimum Gasteiger partial charge on any atom is -0.279 e. The number of thioether (sulfide) groups is 1. The summed E-state index contributed by atoms with van der Waals surface area (Å²) in [5, 5.41) is 4.24. The van der Waals surface area contributed by atoms with Gasteiger partial charge in [0.15, 0.2) is 4.34 Å². The van der Waals surface area contributed by atoms with Gasteiger partial charge in [0.2, 0.25) is 5.91 Å². The average molecular weight is 338 g/mol. The molecule has 0 radical (unpaired) electrons. The number of carbonyl (C=O) groups excluding carboxylic acids is 1. The largest absolute Gasteiger partial charge is 0.279 e. The molecule has 114 valence electrons. The Morgan fingerprint density at radius 1 is 1.09 bits per heavy atom. The fraction of sp³-hybridized carbons (Fsp3) is 0.111. The van der Waals surface area contributed by atoms with Crippen molar-refractivity contribution in [2.24, 2.45) is 0 Å². The smallest absolute Gasteiger partial charge is 0.242 e. The maximum atomic E-state index is 12.8. The number of hydrogen-bond acceptors (Lipinski definition) is 4. The molecule has 2 aromatic carbocycles. The van der Waals surface area contributed by atoms with E-state index in [4.69, 9.17) is 0 Å². The van der Waals surface area contributed by atoms with Crippen LogP contribution in [0.25, 0.3) is 21.8 Å². The van der Waals surface area contributed by atoms with Gasteiger partial charge in [-0.15, -0.1) is 11.3 Å². The van der Waals surface area contributed by atoms with Gasteiger partial charge in [0, 0.05) is 21.8 Å². The highest BCUT2D eigenvalue weighted by Gasteiger charge is 2.16. The quantitative estimate of drug-likeness (QED) is 0.494. The van der Waals surface area contributed by atoms with Crippen LogP contribution in [0.15, 0.2) is 58.3 Å². The van der Waals surface area contributed by atoms with E-state index in [-0.39, 0.29) is 5.91 Å². The number of fused-ring (bicyclic) bond motifs is 3. The topological polar surface area (TPSA) is 34.9 Å². The minimum atomic E-state index is 0.0836. The number of thiazole rings is 1. The van der Waals surface area contributed by atoms with Crippen molar-refractivity contribution in [3.05, 3.63) is 59.6 Å². The fourth-order valence-corrected chi connectivity index (χ4v) is 4.48. The van der Waals surface area contributed by atoms with Gasteiger partial charge in [0.05, 0.1) is 16.8 Å². The summed E-state index contributed by atoms with van der Waals surface area (Å²) in [6.45, 7) is 1.97. The second-order valence-corrected chi connectivity index (χ2v) is 7.39. The van der Waals surface area contributed by atoms with E-state index in [0.717, 1.165) is 31.8 Å². The van der Waals surface area contributed by atoms with Gasteiger partial charge in [-0.1, -0.05) is 48.2 Å². The van der Waals surface area contributed by atoms with Crippen LogP contribution in [0, 0.1) is 6.92 Å². The molecule has 0 spiro atoms. The second-order valence-electron chi connectivity index (χ2n) is 5.31. The van der Waals surface area contributed by atoms with Crippen LogP contribution in [0.5, 0.6) is 0 Å². The van der Waals surface area contributed by atoms with E-state index in [2.05, 4.69) is 17.1 Å². The molecule has 0 aliphatic heterocycles. The van der Waals surface area contributed by atoms with Gasteiger partial charge in [0.1, 0.15) is 0 Å². The van der Waals surface area contributed by atoms with Crippen LogP contribution >= 0.6 is 23.1 Å². The fourth-order valence-electron chi connectivity index (χ4n) is 2.78. The van der Waals surface area contributed by atoms with E-state index < -0.39 is 0 Å². The molecule has 4 aromatic rings. The van der Waals surface area contributed by atoms with Crippen molar-refractivity contribution in [2.75, 3.05) is 5.75 Å². The zero-order valence-electron chi connectivity index (χ0n) is 12.5. The summed E-state index contributed by atoms with van der Waals surface area (Å²) in [5.74, 6) is 0.468. The number of aryl methyl sites for hydroxylation is 1. The van der Waals surface area contributed by atoms with Crippen LogP contribution in [0.3, 0.4) is 0 Å². The van der Waals surface area contributed by atoms with Crippen molar-refractivity contribution in [1.82, 2.24) is 9.55 Å². The minimum absolute atomic E-state index is 0.0836. The summed E-state index contributed by atoms with van der Waals surface area (Å²) in [4.78, 5) is 17.2. The predicted molar refractivity (Wildman–Crippen MR) is 97.6 cm³/mol. The first kappa shape index (κ1) is 14.5. The van der Waals surface area contributed by atoms with E-state index in [9.17, 15) is 4.79 Å². The van der Waals surface area contributed by atoms with Crippen molar-refractivity contribution < 1.29 is 4.79 Å². The molecular weight excluding hydrogens is 324 g/mol. The third kappa shape index (κ3) is 2.56. The molecule has 5 heteroatoms. The van der Waals surface area contributed by atoms with Crippen molar-refractivity contribution in [2.45, 2.75) is 11.3 Å². The highest BCUT2D eigenvalue weighted by molar-refractivity contribution is 8.01. The Kier molecular flexibility index (Phi) is 3.67. The van der Waals surface area contributed by atoms with Crippen LogP contribution in [0.4, 0.5) is 0 Å². The molecular formula is C18H14N2OS2. The SMILES string of the molecule is Cc1csc(SCC(=O)n2c3ccccc3c3ccccc32)n1. The maximum absolute atomic E-state index is 12.8. The average Bonchev–Trinajstić information content (AvgIpc) is 3.14.